The lowest BCUT2D eigenvalue weighted by Gasteiger charge is -2.18. The van der Waals surface area contributed by atoms with Crippen molar-refractivity contribution in [3.8, 4) is 0 Å². The Bertz CT molecular complexity index is 469. The Kier molecular flexibility index (Phi) is 3.17. The van der Waals surface area contributed by atoms with Crippen molar-refractivity contribution in [3.63, 3.8) is 0 Å². The van der Waals surface area contributed by atoms with Crippen LogP contribution in [0.3, 0.4) is 0 Å². The Balaban J connectivity index is 2.44. The average Bonchev–Trinajstić information content (AvgIpc) is 2.68. The maximum atomic E-state index is 13.2. The molecular weight excluding hydrogens is 251 g/mol. The molecule has 1 saturated heterocycles. The van der Waals surface area contributed by atoms with Crippen molar-refractivity contribution in [1.29, 1.82) is 0 Å². The minimum absolute atomic E-state index is 0.160. The molecule has 1 aromatic carbocycles. The SMILES string of the molecule is O=[N+]([O-])c1cc(F)c(Cl)cc1N1CCC(O)C1. The molecule has 0 radical (unpaired) electrons. The van der Waals surface area contributed by atoms with Crippen molar-refractivity contribution < 1.29 is 14.4 Å². The number of hydrogen-bond acceptors (Lipinski definition) is 4. The van der Waals surface area contributed by atoms with Crippen LogP contribution in [0.25, 0.3) is 0 Å². The Morgan fingerprint density at radius 2 is 2.29 bits per heavy atom. The summed E-state index contributed by atoms with van der Waals surface area (Å²) in [5, 5.41) is 20.1. The molecule has 1 aliphatic rings. The van der Waals surface area contributed by atoms with Gasteiger partial charge in [-0.15, -0.1) is 0 Å². The summed E-state index contributed by atoms with van der Waals surface area (Å²) in [5.41, 5.74) is -0.0843. The summed E-state index contributed by atoms with van der Waals surface area (Å²) < 4.78 is 13.2. The van der Waals surface area contributed by atoms with Gasteiger partial charge < -0.3 is 10.0 Å². The summed E-state index contributed by atoms with van der Waals surface area (Å²) in [7, 11) is 0. The van der Waals surface area contributed by atoms with Crippen LogP contribution in [0.1, 0.15) is 6.42 Å². The predicted octanol–water partition coefficient (Wildman–Crippen LogP) is 1.96. The van der Waals surface area contributed by atoms with E-state index in [1.165, 1.54) is 6.07 Å². The second kappa shape index (κ2) is 4.46. The predicted molar refractivity (Wildman–Crippen MR) is 60.9 cm³/mol. The largest absolute Gasteiger partial charge is 0.391 e. The van der Waals surface area contributed by atoms with Crippen molar-refractivity contribution in [2.24, 2.45) is 0 Å². The van der Waals surface area contributed by atoms with Crippen molar-refractivity contribution in [3.05, 3.63) is 33.1 Å². The van der Waals surface area contributed by atoms with Crippen LogP contribution in [-0.4, -0.2) is 29.2 Å². The molecule has 0 amide bonds. The number of anilines is 1. The Morgan fingerprint density at radius 1 is 1.59 bits per heavy atom. The van der Waals surface area contributed by atoms with Gasteiger partial charge in [-0.3, -0.25) is 10.1 Å². The van der Waals surface area contributed by atoms with Crippen molar-refractivity contribution in [2.45, 2.75) is 12.5 Å². The second-order valence-corrected chi connectivity index (χ2v) is 4.31. The lowest BCUT2D eigenvalue weighted by molar-refractivity contribution is -0.384. The van der Waals surface area contributed by atoms with Gasteiger partial charge in [-0.25, -0.2) is 4.39 Å². The first-order valence-corrected chi connectivity index (χ1v) is 5.43. The molecule has 0 bridgehead atoms. The molecule has 92 valence electrons. The van der Waals surface area contributed by atoms with Gasteiger partial charge in [0.1, 0.15) is 11.5 Å². The van der Waals surface area contributed by atoms with E-state index in [-0.39, 0.29) is 16.4 Å². The molecule has 2 rings (SSSR count). The highest BCUT2D eigenvalue weighted by atomic mass is 35.5. The van der Waals surface area contributed by atoms with E-state index in [4.69, 9.17) is 11.6 Å². The van der Waals surface area contributed by atoms with Crippen LogP contribution in [0.2, 0.25) is 5.02 Å². The summed E-state index contributed by atoms with van der Waals surface area (Å²) in [5.74, 6) is -0.818. The molecule has 1 fully saturated rings. The summed E-state index contributed by atoms with van der Waals surface area (Å²) in [6.07, 6.45) is 0.0185. The average molecular weight is 261 g/mol. The van der Waals surface area contributed by atoms with E-state index in [1.807, 2.05) is 0 Å². The smallest absolute Gasteiger partial charge is 0.295 e. The minimum atomic E-state index is -0.818. The van der Waals surface area contributed by atoms with Gasteiger partial charge in [-0.2, -0.15) is 0 Å². The highest BCUT2D eigenvalue weighted by molar-refractivity contribution is 6.31. The van der Waals surface area contributed by atoms with Gasteiger partial charge in [0.15, 0.2) is 0 Å². The molecule has 17 heavy (non-hydrogen) atoms. The van der Waals surface area contributed by atoms with Crippen LogP contribution in [0.15, 0.2) is 12.1 Å². The second-order valence-electron chi connectivity index (χ2n) is 3.90. The van der Waals surface area contributed by atoms with Gasteiger partial charge in [0.25, 0.3) is 5.69 Å². The number of β-amino-alcohol motifs (C(OH)–C–C–N with tert-alkyl or cyclic N) is 1. The number of nitrogens with zero attached hydrogens (tertiary/aromatic N) is 2. The highest BCUT2D eigenvalue weighted by Crippen LogP contribution is 2.34. The van der Waals surface area contributed by atoms with Gasteiger partial charge in [-0.05, 0) is 12.5 Å². The summed E-state index contributed by atoms with van der Waals surface area (Å²) in [6.45, 7) is 0.784. The quantitative estimate of drug-likeness (QED) is 0.652. The van der Waals surface area contributed by atoms with E-state index in [1.54, 1.807) is 4.90 Å². The maximum absolute atomic E-state index is 13.2. The number of rotatable bonds is 2. The number of aliphatic hydroxyl groups is 1. The van der Waals surface area contributed by atoms with Crippen LogP contribution in [-0.2, 0) is 0 Å². The lowest BCUT2D eigenvalue weighted by Crippen LogP contribution is -2.22. The zero-order valence-electron chi connectivity index (χ0n) is 8.77. The first kappa shape index (κ1) is 12.1. The fourth-order valence-corrected chi connectivity index (χ4v) is 2.04. The number of halogens is 2. The zero-order chi connectivity index (χ0) is 12.6. The van der Waals surface area contributed by atoms with Gasteiger partial charge in [0.2, 0.25) is 0 Å². The standard InChI is InChI=1S/C10H10ClFN2O3/c11-7-3-9(13-2-1-6(15)5-13)10(14(16)17)4-8(7)12/h3-4,6,15H,1-2,5H2. The molecular formula is C10H10ClFN2O3. The van der Waals surface area contributed by atoms with Gasteiger partial charge in [0.05, 0.1) is 22.1 Å². The van der Waals surface area contributed by atoms with Crippen LogP contribution in [0, 0.1) is 15.9 Å². The Labute approximate surface area is 102 Å². The normalized spacial score (nSPS) is 19.7. The lowest BCUT2D eigenvalue weighted by atomic mass is 10.2. The van der Waals surface area contributed by atoms with E-state index < -0.39 is 16.8 Å². The molecule has 1 atom stereocenters. The molecule has 1 aromatic rings. The van der Waals surface area contributed by atoms with E-state index in [2.05, 4.69) is 0 Å². The minimum Gasteiger partial charge on any atom is -0.391 e. The van der Waals surface area contributed by atoms with E-state index >= 15 is 0 Å². The third-order valence-electron chi connectivity index (χ3n) is 2.72. The topological polar surface area (TPSA) is 66.6 Å². The number of nitro benzene ring substituents is 1. The number of nitro groups is 1. The van der Waals surface area contributed by atoms with E-state index in [0.717, 1.165) is 6.07 Å². The number of aliphatic hydroxyl groups excluding tert-OH is 1. The number of benzene rings is 1. The van der Waals surface area contributed by atoms with Crippen LogP contribution in [0.5, 0.6) is 0 Å². The van der Waals surface area contributed by atoms with Gasteiger partial charge in [0, 0.05) is 13.1 Å². The molecule has 5 nitrogen and oxygen atoms in total. The van der Waals surface area contributed by atoms with Crippen molar-refractivity contribution in [2.75, 3.05) is 18.0 Å². The molecule has 7 heteroatoms. The van der Waals surface area contributed by atoms with Gasteiger partial charge in [-0.1, -0.05) is 11.6 Å². The van der Waals surface area contributed by atoms with E-state index in [0.29, 0.717) is 19.5 Å². The molecule has 0 aromatic heterocycles. The maximum Gasteiger partial charge on any atom is 0.295 e. The summed E-state index contributed by atoms with van der Waals surface area (Å²) >= 11 is 5.62. The highest BCUT2D eigenvalue weighted by Gasteiger charge is 2.27. The first-order valence-electron chi connectivity index (χ1n) is 5.05. The third kappa shape index (κ3) is 2.32. The summed E-state index contributed by atoms with van der Waals surface area (Å²) in [6, 6.07) is 2.04. The molecule has 1 N–H and O–H groups in total. The molecule has 0 aliphatic carbocycles. The fourth-order valence-electron chi connectivity index (χ4n) is 1.89. The Morgan fingerprint density at radius 3 is 2.82 bits per heavy atom. The molecule has 1 aliphatic heterocycles. The van der Waals surface area contributed by atoms with Crippen LogP contribution < -0.4 is 4.90 Å². The summed E-state index contributed by atoms with van der Waals surface area (Å²) in [4.78, 5) is 11.8. The van der Waals surface area contributed by atoms with Crippen molar-refractivity contribution >= 4 is 23.0 Å². The first-order chi connectivity index (χ1) is 7.99. The molecule has 0 spiro atoms. The monoisotopic (exact) mass is 260 g/mol. The Hall–Kier alpha value is -1.40. The van der Waals surface area contributed by atoms with Gasteiger partial charge >= 0.3 is 0 Å². The van der Waals surface area contributed by atoms with E-state index in [9.17, 15) is 19.6 Å². The number of hydrogen-bond donors (Lipinski definition) is 1. The van der Waals surface area contributed by atoms with Crippen LogP contribution in [0.4, 0.5) is 15.8 Å². The zero-order valence-corrected chi connectivity index (χ0v) is 9.52. The van der Waals surface area contributed by atoms with Crippen LogP contribution >= 0.6 is 11.6 Å². The van der Waals surface area contributed by atoms with Crippen molar-refractivity contribution in [1.82, 2.24) is 0 Å². The fraction of sp³-hybridized carbons (Fsp3) is 0.400. The molecule has 1 heterocycles. The molecule has 0 saturated carbocycles. The third-order valence-corrected chi connectivity index (χ3v) is 3.01. The molecule has 1 unspecified atom stereocenters.